The number of rotatable bonds is 4. The van der Waals surface area contributed by atoms with Crippen LogP contribution >= 0.6 is 11.6 Å². The van der Waals surface area contributed by atoms with Gasteiger partial charge in [0.25, 0.3) is 11.8 Å². The van der Waals surface area contributed by atoms with E-state index in [1.807, 2.05) is 0 Å². The van der Waals surface area contributed by atoms with Gasteiger partial charge in [-0.3, -0.25) is 9.59 Å². The summed E-state index contributed by atoms with van der Waals surface area (Å²) in [6.07, 6.45) is -3.74. The van der Waals surface area contributed by atoms with Crippen LogP contribution in [0.25, 0.3) is 0 Å². The Hall–Kier alpha value is -3.53. The Balaban J connectivity index is 1.88. The number of benzene rings is 2. The number of anilines is 2. The van der Waals surface area contributed by atoms with Gasteiger partial charge >= 0.3 is 6.18 Å². The van der Waals surface area contributed by atoms with E-state index >= 15 is 0 Å². The van der Waals surface area contributed by atoms with E-state index in [0.29, 0.717) is 17.2 Å². The Kier molecular flexibility index (Phi) is 6.21. The third kappa shape index (κ3) is 5.34. The summed E-state index contributed by atoms with van der Waals surface area (Å²) in [7, 11) is 0. The van der Waals surface area contributed by atoms with E-state index in [2.05, 4.69) is 15.6 Å². The molecule has 2 amide bonds. The lowest BCUT2D eigenvalue weighted by molar-refractivity contribution is -0.140. The maximum atomic E-state index is 13.7. The van der Waals surface area contributed by atoms with Gasteiger partial charge in [0, 0.05) is 11.8 Å². The first-order valence-electron chi connectivity index (χ1n) is 8.45. The van der Waals surface area contributed by atoms with Crippen LogP contribution in [-0.2, 0) is 6.18 Å². The van der Waals surface area contributed by atoms with Crippen molar-refractivity contribution in [3.63, 3.8) is 0 Å². The molecule has 0 fully saturated rings. The van der Waals surface area contributed by atoms with E-state index in [4.69, 9.17) is 11.6 Å². The fourth-order valence-corrected chi connectivity index (χ4v) is 2.64. The lowest BCUT2D eigenvalue weighted by Gasteiger charge is -2.13. The zero-order valence-electron chi connectivity index (χ0n) is 15.2. The van der Waals surface area contributed by atoms with Crippen molar-refractivity contribution < 1.29 is 31.5 Å². The second-order valence-electron chi connectivity index (χ2n) is 6.15. The Morgan fingerprint density at radius 3 is 2.29 bits per heavy atom. The zero-order chi connectivity index (χ0) is 22.8. The Labute approximate surface area is 176 Å². The third-order valence-electron chi connectivity index (χ3n) is 3.98. The van der Waals surface area contributed by atoms with Gasteiger partial charge in [-0.05, 0) is 48.5 Å². The molecule has 11 heteroatoms. The summed E-state index contributed by atoms with van der Waals surface area (Å²) < 4.78 is 65.8. The molecular formula is C20H11ClF5N3O2. The number of alkyl halides is 3. The minimum Gasteiger partial charge on any atom is -0.321 e. The van der Waals surface area contributed by atoms with Crippen LogP contribution in [0.4, 0.5) is 33.5 Å². The van der Waals surface area contributed by atoms with Crippen molar-refractivity contribution in [2.45, 2.75) is 6.18 Å². The maximum Gasteiger partial charge on any atom is 0.419 e. The van der Waals surface area contributed by atoms with Gasteiger partial charge in [-0.1, -0.05) is 11.6 Å². The molecule has 1 heterocycles. The lowest BCUT2D eigenvalue weighted by Crippen LogP contribution is -2.19. The number of hydrogen-bond donors (Lipinski definition) is 2. The molecule has 160 valence electrons. The SMILES string of the molecule is O=C(Nc1ccc(F)cc1C(=O)Nc1ccc(Cl)cn1)c1ccc(F)c(C(F)(F)F)c1. The fourth-order valence-electron chi connectivity index (χ4n) is 2.52. The van der Waals surface area contributed by atoms with Crippen molar-refractivity contribution in [1.82, 2.24) is 4.98 Å². The number of amides is 2. The number of carbonyl (C=O) groups is 2. The minimum absolute atomic E-state index is 0.0873. The van der Waals surface area contributed by atoms with Gasteiger partial charge in [0.2, 0.25) is 0 Å². The van der Waals surface area contributed by atoms with Gasteiger partial charge in [0.05, 0.1) is 21.8 Å². The van der Waals surface area contributed by atoms with Gasteiger partial charge in [-0.25, -0.2) is 13.8 Å². The highest BCUT2D eigenvalue weighted by Crippen LogP contribution is 2.32. The summed E-state index contributed by atoms with van der Waals surface area (Å²) in [5.41, 5.74) is -2.63. The smallest absolute Gasteiger partial charge is 0.321 e. The molecule has 2 aromatic carbocycles. The number of carbonyl (C=O) groups excluding carboxylic acids is 2. The molecule has 0 unspecified atom stereocenters. The average Bonchev–Trinajstić information content (AvgIpc) is 2.70. The van der Waals surface area contributed by atoms with Crippen LogP contribution in [0.1, 0.15) is 26.3 Å². The second kappa shape index (κ2) is 8.68. The van der Waals surface area contributed by atoms with Crippen molar-refractivity contribution in [3.8, 4) is 0 Å². The molecule has 1 aromatic heterocycles. The highest BCUT2D eigenvalue weighted by molar-refractivity contribution is 6.30. The van der Waals surface area contributed by atoms with E-state index in [1.165, 1.54) is 18.3 Å². The molecule has 31 heavy (non-hydrogen) atoms. The van der Waals surface area contributed by atoms with Crippen LogP contribution in [0, 0.1) is 11.6 Å². The highest BCUT2D eigenvalue weighted by atomic mass is 35.5. The minimum atomic E-state index is -5.01. The topological polar surface area (TPSA) is 71.1 Å². The molecule has 0 saturated carbocycles. The van der Waals surface area contributed by atoms with Crippen LogP contribution in [0.2, 0.25) is 5.02 Å². The van der Waals surface area contributed by atoms with Crippen molar-refractivity contribution in [2.75, 3.05) is 10.6 Å². The fraction of sp³-hybridized carbons (Fsp3) is 0.0500. The molecule has 3 rings (SSSR count). The monoisotopic (exact) mass is 455 g/mol. The standard InChI is InChI=1S/C20H11ClF5N3O2/c21-11-2-6-17(27-9-11)29-19(31)13-8-12(22)3-5-16(13)28-18(30)10-1-4-15(23)14(7-10)20(24,25)26/h1-9H,(H,28,30)(H,27,29,31). The largest absolute Gasteiger partial charge is 0.419 e. The summed E-state index contributed by atoms with van der Waals surface area (Å²) in [4.78, 5) is 28.8. The first-order valence-corrected chi connectivity index (χ1v) is 8.83. The molecular weight excluding hydrogens is 445 g/mol. The van der Waals surface area contributed by atoms with Gasteiger partial charge in [-0.15, -0.1) is 0 Å². The Morgan fingerprint density at radius 1 is 0.903 bits per heavy atom. The number of nitrogens with zero attached hydrogens (tertiary/aromatic N) is 1. The Bertz CT molecular complexity index is 1150. The van der Waals surface area contributed by atoms with Gasteiger partial charge in [0.1, 0.15) is 17.5 Å². The molecule has 0 radical (unpaired) electrons. The summed E-state index contributed by atoms with van der Waals surface area (Å²) in [5.74, 6) is -4.16. The van der Waals surface area contributed by atoms with Crippen molar-refractivity contribution in [2.24, 2.45) is 0 Å². The first-order chi connectivity index (χ1) is 14.5. The van der Waals surface area contributed by atoms with E-state index < -0.39 is 40.8 Å². The summed E-state index contributed by atoms with van der Waals surface area (Å²) in [5, 5.41) is 4.92. The number of hydrogen-bond acceptors (Lipinski definition) is 3. The molecule has 3 aromatic rings. The molecule has 0 aliphatic carbocycles. The summed E-state index contributed by atoms with van der Waals surface area (Å²) >= 11 is 5.71. The van der Waals surface area contributed by atoms with Crippen LogP contribution in [-0.4, -0.2) is 16.8 Å². The normalized spacial score (nSPS) is 11.2. The quantitative estimate of drug-likeness (QED) is 0.508. The zero-order valence-corrected chi connectivity index (χ0v) is 16.0. The van der Waals surface area contributed by atoms with E-state index in [-0.39, 0.29) is 17.1 Å². The molecule has 0 aliphatic heterocycles. The van der Waals surface area contributed by atoms with Crippen LogP contribution in [0.5, 0.6) is 0 Å². The van der Waals surface area contributed by atoms with Gasteiger partial charge in [-0.2, -0.15) is 13.2 Å². The second-order valence-corrected chi connectivity index (χ2v) is 6.59. The van der Waals surface area contributed by atoms with Gasteiger partial charge in [0.15, 0.2) is 0 Å². The number of nitrogens with one attached hydrogen (secondary N) is 2. The molecule has 0 aliphatic rings. The van der Waals surface area contributed by atoms with Crippen molar-refractivity contribution >= 4 is 34.9 Å². The highest BCUT2D eigenvalue weighted by Gasteiger charge is 2.34. The molecule has 0 atom stereocenters. The van der Waals surface area contributed by atoms with Crippen LogP contribution in [0.15, 0.2) is 54.7 Å². The van der Waals surface area contributed by atoms with Crippen LogP contribution < -0.4 is 10.6 Å². The van der Waals surface area contributed by atoms with Crippen molar-refractivity contribution in [1.29, 1.82) is 0 Å². The van der Waals surface area contributed by atoms with Crippen LogP contribution in [0.3, 0.4) is 0 Å². The molecule has 0 bridgehead atoms. The third-order valence-corrected chi connectivity index (χ3v) is 4.20. The van der Waals surface area contributed by atoms with Gasteiger partial charge < -0.3 is 10.6 Å². The predicted octanol–water partition coefficient (Wildman–Crippen LogP) is 5.54. The maximum absolute atomic E-state index is 13.7. The average molecular weight is 456 g/mol. The molecule has 0 saturated heterocycles. The lowest BCUT2D eigenvalue weighted by atomic mass is 10.1. The predicted molar refractivity (Wildman–Crippen MR) is 103 cm³/mol. The van der Waals surface area contributed by atoms with E-state index in [0.717, 1.165) is 24.3 Å². The van der Waals surface area contributed by atoms with Crippen molar-refractivity contribution in [3.05, 3.63) is 88.1 Å². The van der Waals surface area contributed by atoms with E-state index in [1.54, 1.807) is 0 Å². The van der Waals surface area contributed by atoms with E-state index in [9.17, 15) is 31.5 Å². The Morgan fingerprint density at radius 2 is 1.65 bits per heavy atom. The summed E-state index contributed by atoms with van der Waals surface area (Å²) in [6, 6.07) is 7.35. The molecule has 0 spiro atoms. The first kappa shape index (κ1) is 22.2. The molecule has 5 nitrogen and oxygen atoms in total. The number of halogens is 6. The number of aromatic nitrogens is 1. The molecule has 2 N–H and O–H groups in total. The number of pyridine rings is 1. The summed E-state index contributed by atoms with van der Waals surface area (Å²) in [6.45, 7) is 0.